The van der Waals surface area contributed by atoms with E-state index in [1.54, 1.807) is 12.1 Å². The Morgan fingerprint density at radius 2 is 2.05 bits per heavy atom. The van der Waals surface area contributed by atoms with Crippen LogP contribution in [0.5, 0.6) is 0 Å². The molecule has 0 aliphatic carbocycles. The Morgan fingerprint density at radius 1 is 1.26 bits per heavy atom. The number of benzene rings is 1. The van der Waals surface area contributed by atoms with Crippen LogP contribution < -0.4 is 0 Å². The van der Waals surface area contributed by atoms with E-state index in [-0.39, 0.29) is 5.02 Å². The summed E-state index contributed by atoms with van der Waals surface area (Å²) in [5, 5.41) is 7.11. The van der Waals surface area contributed by atoms with Gasteiger partial charge in [-0.3, -0.25) is 5.10 Å². The molecule has 1 aromatic carbocycles. The summed E-state index contributed by atoms with van der Waals surface area (Å²) in [7, 11) is 0. The van der Waals surface area contributed by atoms with Crippen molar-refractivity contribution in [2.45, 2.75) is 12.7 Å². The molecular formula is C13H12ClFN2O2. The van der Waals surface area contributed by atoms with Crippen LogP contribution in [0.25, 0.3) is 11.3 Å². The number of nitrogens with zero attached hydrogens (tertiary/aromatic N) is 1. The molecule has 2 aromatic rings. The van der Waals surface area contributed by atoms with Crippen LogP contribution in [0.3, 0.4) is 0 Å². The SMILES string of the molecule is Fc1ccc(-c2cc(C3OCCCO3)[nH]n2)cc1Cl. The van der Waals surface area contributed by atoms with Gasteiger partial charge in [-0.15, -0.1) is 0 Å². The predicted octanol–water partition coefficient (Wildman–Crippen LogP) is 3.30. The maximum absolute atomic E-state index is 13.1. The molecule has 0 atom stereocenters. The van der Waals surface area contributed by atoms with E-state index in [0.29, 0.717) is 18.9 Å². The van der Waals surface area contributed by atoms with Gasteiger partial charge in [0, 0.05) is 5.56 Å². The van der Waals surface area contributed by atoms with Gasteiger partial charge in [0.25, 0.3) is 0 Å². The topological polar surface area (TPSA) is 47.1 Å². The summed E-state index contributed by atoms with van der Waals surface area (Å²) in [4.78, 5) is 0. The number of nitrogens with one attached hydrogen (secondary N) is 1. The van der Waals surface area contributed by atoms with Crippen LogP contribution in [-0.4, -0.2) is 23.4 Å². The van der Waals surface area contributed by atoms with E-state index < -0.39 is 12.1 Å². The van der Waals surface area contributed by atoms with Crippen LogP contribution in [-0.2, 0) is 9.47 Å². The molecule has 100 valence electrons. The van der Waals surface area contributed by atoms with E-state index in [1.165, 1.54) is 6.07 Å². The van der Waals surface area contributed by atoms with Crippen molar-refractivity contribution in [3.63, 3.8) is 0 Å². The van der Waals surface area contributed by atoms with E-state index in [2.05, 4.69) is 10.2 Å². The summed E-state index contributed by atoms with van der Waals surface area (Å²) in [6.45, 7) is 1.34. The second-order valence-electron chi connectivity index (χ2n) is 4.26. The normalized spacial score (nSPS) is 16.7. The number of ether oxygens (including phenoxy) is 2. The first-order valence-electron chi connectivity index (χ1n) is 5.98. The molecule has 1 fully saturated rings. The van der Waals surface area contributed by atoms with Crippen LogP contribution in [0, 0.1) is 5.82 Å². The number of aromatic nitrogens is 2. The van der Waals surface area contributed by atoms with Crippen LogP contribution >= 0.6 is 11.6 Å². The monoisotopic (exact) mass is 282 g/mol. The Balaban J connectivity index is 1.85. The van der Waals surface area contributed by atoms with Crippen molar-refractivity contribution in [2.24, 2.45) is 0 Å². The lowest BCUT2D eigenvalue weighted by Gasteiger charge is -2.21. The number of hydrogen-bond donors (Lipinski definition) is 1. The average Bonchev–Trinajstić information content (AvgIpc) is 2.93. The highest BCUT2D eigenvalue weighted by Gasteiger charge is 2.19. The summed E-state index contributed by atoms with van der Waals surface area (Å²) >= 11 is 5.76. The van der Waals surface area contributed by atoms with Crippen LogP contribution in [0.1, 0.15) is 18.4 Å². The zero-order chi connectivity index (χ0) is 13.2. The lowest BCUT2D eigenvalue weighted by molar-refractivity contribution is -0.185. The lowest BCUT2D eigenvalue weighted by Crippen LogP contribution is -2.17. The molecule has 19 heavy (non-hydrogen) atoms. The summed E-state index contributed by atoms with van der Waals surface area (Å²) in [5.41, 5.74) is 2.16. The van der Waals surface area contributed by atoms with Crippen molar-refractivity contribution in [2.75, 3.05) is 13.2 Å². The summed E-state index contributed by atoms with van der Waals surface area (Å²) in [5.74, 6) is -0.444. The molecule has 0 unspecified atom stereocenters. The number of rotatable bonds is 2. The van der Waals surface area contributed by atoms with Crippen molar-refractivity contribution in [1.82, 2.24) is 10.2 Å². The molecule has 0 amide bonds. The quantitative estimate of drug-likeness (QED) is 0.919. The van der Waals surface area contributed by atoms with E-state index in [4.69, 9.17) is 21.1 Å². The van der Waals surface area contributed by atoms with Crippen LogP contribution in [0.4, 0.5) is 4.39 Å². The maximum atomic E-state index is 13.1. The molecule has 2 heterocycles. The first-order chi connectivity index (χ1) is 9.24. The van der Waals surface area contributed by atoms with Crippen LogP contribution in [0.15, 0.2) is 24.3 Å². The van der Waals surface area contributed by atoms with E-state index in [1.807, 2.05) is 6.07 Å². The molecule has 1 saturated heterocycles. The molecule has 1 aromatic heterocycles. The number of halogens is 2. The largest absolute Gasteiger partial charge is 0.347 e. The smallest absolute Gasteiger partial charge is 0.200 e. The van der Waals surface area contributed by atoms with Crippen LogP contribution in [0.2, 0.25) is 5.02 Å². The molecule has 0 spiro atoms. The third-order valence-electron chi connectivity index (χ3n) is 2.89. The van der Waals surface area contributed by atoms with Gasteiger partial charge in [-0.2, -0.15) is 5.10 Å². The van der Waals surface area contributed by atoms with Gasteiger partial charge in [-0.05, 0) is 30.7 Å². The lowest BCUT2D eigenvalue weighted by atomic mass is 10.1. The zero-order valence-electron chi connectivity index (χ0n) is 10.0. The minimum atomic E-state index is -0.444. The van der Waals surface area contributed by atoms with Gasteiger partial charge in [0.05, 0.1) is 29.6 Å². The predicted molar refractivity (Wildman–Crippen MR) is 68.3 cm³/mol. The first-order valence-corrected chi connectivity index (χ1v) is 6.36. The van der Waals surface area contributed by atoms with Crippen molar-refractivity contribution in [3.8, 4) is 11.3 Å². The fraction of sp³-hybridized carbons (Fsp3) is 0.308. The Hall–Kier alpha value is -1.43. The molecule has 1 aliphatic rings. The van der Waals surface area contributed by atoms with Crippen molar-refractivity contribution < 1.29 is 13.9 Å². The van der Waals surface area contributed by atoms with Gasteiger partial charge in [0.15, 0.2) is 0 Å². The van der Waals surface area contributed by atoms with Gasteiger partial charge >= 0.3 is 0 Å². The molecule has 0 saturated carbocycles. The fourth-order valence-corrected chi connectivity index (χ4v) is 2.11. The van der Waals surface area contributed by atoms with Crippen molar-refractivity contribution in [3.05, 3.63) is 40.8 Å². The van der Waals surface area contributed by atoms with E-state index in [9.17, 15) is 4.39 Å². The highest BCUT2D eigenvalue weighted by Crippen LogP contribution is 2.27. The molecule has 3 rings (SSSR count). The fourth-order valence-electron chi connectivity index (χ4n) is 1.93. The molecule has 1 N–H and O–H groups in total. The minimum absolute atomic E-state index is 0.0761. The highest BCUT2D eigenvalue weighted by atomic mass is 35.5. The van der Waals surface area contributed by atoms with Gasteiger partial charge in [0.2, 0.25) is 6.29 Å². The number of H-pyrrole nitrogens is 1. The highest BCUT2D eigenvalue weighted by molar-refractivity contribution is 6.31. The molecule has 6 heteroatoms. The zero-order valence-corrected chi connectivity index (χ0v) is 10.8. The second-order valence-corrected chi connectivity index (χ2v) is 4.67. The van der Waals surface area contributed by atoms with Gasteiger partial charge in [0.1, 0.15) is 5.82 Å². The van der Waals surface area contributed by atoms with Gasteiger partial charge in [-0.1, -0.05) is 11.6 Å². The van der Waals surface area contributed by atoms with Crippen molar-refractivity contribution >= 4 is 11.6 Å². The Kier molecular flexibility index (Phi) is 3.50. The summed E-state index contributed by atoms with van der Waals surface area (Å²) < 4.78 is 24.1. The summed E-state index contributed by atoms with van der Waals surface area (Å²) in [6.07, 6.45) is 0.483. The Morgan fingerprint density at radius 3 is 2.79 bits per heavy atom. The molecule has 4 nitrogen and oxygen atoms in total. The standard InChI is InChI=1S/C13H12ClFN2O2/c14-9-6-8(2-3-10(9)15)11-7-12(17-16-11)13-18-4-1-5-19-13/h2-3,6-7,13H,1,4-5H2,(H,16,17). The van der Waals surface area contributed by atoms with Gasteiger partial charge in [-0.25, -0.2) is 4.39 Å². The molecule has 0 radical (unpaired) electrons. The molecular weight excluding hydrogens is 271 g/mol. The third kappa shape index (κ3) is 2.63. The average molecular weight is 283 g/mol. The molecule has 0 bridgehead atoms. The Labute approximate surface area is 114 Å². The van der Waals surface area contributed by atoms with Gasteiger partial charge < -0.3 is 9.47 Å². The maximum Gasteiger partial charge on any atom is 0.200 e. The number of aromatic amines is 1. The summed E-state index contributed by atoms with van der Waals surface area (Å²) in [6, 6.07) is 6.31. The van der Waals surface area contributed by atoms with E-state index >= 15 is 0 Å². The second kappa shape index (κ2) is 5.28. The van der Waals surface area contributed by atoms with Crippen molar-refractivity contribution in [1.29, 1.82) is 0 Å². The first kappa shape index (κ1) is 12.6. The molecule has 1 aliphatic heterocycles. The third-order valence-corrected chi connectivity index (χ3v) is 3.18. The Bertz CT molecular complexity index is 582. The van der Waals surface area contributed by atoms with E-state index in [0.717, 1.165) is 17.7 Å². The number of hydrogen-bond acceptors (Lipinski definition) is 3. The minimum Gasteiger partial charge on any atom is -0.347 e.